The van der Waals surface area contributed by atoms with E-state index in [-0.39, 0.29) is 11.5 Å². The fourth-order valence-electron chi connectivity index (χ4n) is 1.68. The SMILES string of the molecule is CCN.CN/N=C/c1cc(O)c(O)c(O)c1.N/C=N\N=C\c1cc(O)c(O)c(O)c1. The summed E-state index contributed by atoms with van der Waals surface area (Å²) < 4.78 is 0. The van der Waals surface area contributed by atoms with Crippen LogP contribution in [0.25, 0.3) is 0 Å². The number of hydrogen-bond acceptors (Lipinski definition) is 11. The zero-order valence-corrected chi connectivity index (χ0v) is 16.4. The van der Waals surface area contributed by atoms with Gasteiger partial charge in [-0.2, -0.15) is 10.2 Å². The Kier molecular flexibility index (Phi) is 12.0. The number of hydrogen-bond donors (Lipinski definition) is 9. The molecule has 0 bridgehead atoms. The lowest BCUT2D eigenvalue weighted by atomic mass is 10.2. The molecule has 164 valence electrons. The first-order valence-electron chi connectivity index (χ1n) is 8.38. The third-order valence-corrected chi connectivity index (χ3v) is 2.87. The van der Waals surface area contributed by atoms with Crippen molar-refractivity contribution in [1.29, 1.82) is 0 Å². The van der Waals surface area contributed by atoms with E-state index in [2.05, 4.69) is 20.7 Å². The smallest absolute Gasteiger partial charge is 0.200 e. The molecular formula is C18H26N6O6. The molecule has 0 aliphatic heterocycles. The van der Waals surface area contributed by atoms with E-state index in [0.29, 0.717) is 11.1 Å². The molecule has 0 amide bonds. The van der Waals surface area contributed by atoms with Gasteiger partial charge in [-0.3, -0.25) is 0 Å². The van der Waals surface area contributed by atoms with Crippen LogP contribution in [-0.4, -0.2) is 63.0 Å². The minimum atomic E-state index is -0.565. The van der Waals surface area contributed by atoms with E-state index in [4.69, 9.17) is 42.1 Å². The molecule has 0 atom stereocenters. The van der Waals surface area contributed by atoms with Crippen molar-refractivity contribution in [2.75, 3.05) is 13.6 Å². The topological polar surface area (TPSA) is 223 Å². The third kappa shape index (κ3) is 9.14. The van der Waals surface area contributed by atoms with Crippen molar-refractivity contribution in [3.63, 3.8) is 0 Å². The summed E-state index contributed by atoms with van der Waals surface area (Å²) in [7, 11) is 1.62. The Bertz CT molecular complexity index is 839. The number of hydrazone groups is 1. The molecular weight excluding hydrogens is 396 g/mol. The minimum absolute atomic E-state index is 0.377. The first-order chi connectivity index (χ1) is 14.2. The van der Waals surface area contributed by atoms with Gasteiger partial charge in [0.25, 0.3) is 0 Å². The molecule has 0 heterocycles. The van der Waals surface area contributed by atoms with Crippen LogP contribution in [0, 0.1) is 0 Å². The predicted molar refractivity (Wildman–Crippen MR) is 115 cm³/mol. The Balaban J connectivity index is 0.000000497. The zero-order chi connectivity index (χ0) is 23.1. The molecule has 12 nitrogen and oxygen atoms in total. The van der Waals surface area contributed by atoms with Crippen LogP contribution in [0.15, 0.2) is 39.6 Å². The molecule has 30 heavy (non-hydrogen) atoms. The second-order valence-electron chi connectivity index (χ2n) is 5.21. The van der Waals surface area contributed by atoms with Gasteiger partial charge in [-0.1, -0.05) is 6.92 Å². The van der Waals surface area contributed by atoms with Crippen LogP contribution in [0.4, 0.5) is 0 Å². The van der Waals surface area contributed by atoms with Gasteiger partial charge in [0.15, 0.2) is 34.5 Å². The first kappa shape index (κ1) is 25.8. The average molecular weight is 422 g/mol. The van der Waals surface area contributed by atoms with Crippen molar-refractivity contribution >= 4 is 18.8 Å². The summed E-state index contributed by atoms with van der Waals surface area (Å²) in [6.07, 6.45) is 3.66. The lowest BCUT2D eigenvalue weighted by Gasteiger charge is -2.01. The Hall–Kier alpha value is -4.19. The quantitative estimate of drug-likeness (QED) is 0.144. The monoisotopic (exact) mass is 422 g/mol. The van der Waals surface area contributed by atoms with Crippen molar-refractivity contribution in [3.8, 4) is 34.5 Å². The second-order valence-corrected chi connectivity index (χ2v) is 5.21. The van der Waals surface area contributed by atoms with Gasteiger partial charge >= 0.3 is 0 Å². The molecule has 0 unspecified atom stereocenters. The molecule has 0 spiro atoms. The van der Waals surface area contributed by atoms with E-state index >= 15 is 0 Å². The van der Waals surface area contributed by atoms with Crippen molar-refractivity contribution in [2.45, 2.75) is 6.92 Å². The maximum absolute atomic E-state index is 9.10. The molecule has 0 aliphatic rings. The molecule has 0 fully saturated rings. The van der Waals surface area contributed by atoms with E-state index in [9.17, 15) is 0 Å². The number of phenols is 6. The fraction of sp³-hybridized carbons (Fsp3) is 0.167. The molecule has 0 saturated heterocycles. The normalized spacial score (nSPS) is 10.5. The third-order valence-electron chi connectivity index (χ3n) is 2.87. The highest BCUT2D eigenvalue weighted by atomic mass is 16.3. The predicted octanol–water partition coefficient (Wildman–Crippen LogP) is 0.446. The summed E-state index contributed by atoms with van der Waals surface area (Å²) in [5.74, 6) is -2.70. The number of rotatable bonds is 4. The maximum atomic E-state index is 9.10. The summed E-state index contributed by atoms with van der Waals surface area (Å²) in [6.45, 7) is 2.65. The van der Waals surface area contributed by atoms with Gasteiger partial charge in [0.1, 0.15) is 6.34 Å². The molecule has 11 N–H and O–H groups in total. The zero-order valence-electron chi connectivity index (χ0n) is 16.4. The molecule has 2 aromatic carbocycles. The highest BCUT2D eigenvalue weighted by Crippen LogP contribution is 2.35. The second kappa shape index (κ2) is 13.9. The molecule has 0 saturated carbocycles. The van der Waals surface area contributed by atoms with Gasteiger partial charge in [0.05, 0.1) is 12.4 Å². The number of nitrogens with zero attached hydrogens (tertiary/aromatic N) is 3. The maximum Gasteiger partial charge on any atom is 0.200 e. The summed E-state index contributed by atoms with van der Waals surface area (Å²) >= 11 is 0. The van der Waals surface area contributed by atoms with Gasteiger partial charge in [-0.25, -0.2) is 0 Å². The van der Waals surface area contributed by atoms with Crippen LogP contribution in [0.1, 0.15) is 18.1 Å². The number of aromatic hydroxyl groups is 6. The molecule has 2 aromatic rings. The van der Waals surface area contributed by atoms with Gasteiger partial charge in [-0.15, -0.1) is 5.10 Å². The van der Waals surface area contributed by atoms with Gasteiger partial charge in [0, 0.05) is 18.2 Å². The molecule has 0 aliphatic carbocycles. The largest absolute Gasteiger partial charge is 0.504 e. The van der Waals surface area contributed by atoms with E-state index < -0.39 is 23.0 Å². The van der Waals surface area contributed by atoms with Crippen molar-refractivity contribution in [2.24, 2.45) is 26.8 Å². The van der Waals surface area contributed by atoms with Crippen LogP contribution < -0.4 is 16.9 Å². The Morgan fingerprint density at radius 1 is 0.800 bits per heavy atom. The molecule has 2 rings (SSSR count). The van der Waals surface area contributed by atoms with Gasteiger partial charge in [0.2, 0.25) is 0 Å². The van der Waals surface area contributed by atoms with E-state index in [1.165, 1.54) is 36.7 Å². The van der Waals surface area contributed by atoms with E-state index in [0.717, 1.165) is 12.9 Å². The van der Waals surface area contributed by atoms with Crippen molar-refractivity contribution < 1.29 is 30.6 Å². The lowest BCUT2D eigenvalue weighted by molar-refractivity contribution is 0.368. The summed E-state index contributed by atoms with van der Waals surface area (Å²) in [5, 5.41) is 64.9. The number of phenolic OH excluding ortho intramolecular Hbond substituents is 6. The standard InChI is InChI=1S/C8H9N3O3.C8H10N2O3.C2H7N/c9-4-11-10-3-5-1-6(12)8(14)7(13)2-5;1-9-10-4-5-2-6(11)8(13)7(12)3-5;1-2-3/h1-4,12-14H,(H2,9,11);2-4,9,11-13H,1H3;2-3H2,1H3/b10-3+;10-4+;. The highest BCUT2D eigenvalue weighted by molar-refractivity contribution is 5.82. The summed E-state index contributed by atoms with van der Waals surface area (Å²) in [5.41, 5.74) is 13.2. The van der Waals surface area contributed by atoms with Gasteiger partial charge < -0.3 is 47.5 Å². The highest BCUT2D eigenvalue weighted by Gasteiger charge is 2.07. The Morgan fingerprint density at radius 3 is 1.50 bits per heavy atom. The number of nitrogens with two attached hydrogens (primary N) is 2. The summed E-state index contributed by atoms with van der Waals surface area (Å²) in [4.78, 5) is 0. The first-order valence-corrected chi connectivity index (χ1v) is 8.38. The van der Waals surface area contributed by atoms with Crippen LogP contribution in [0.3, 0.4) is 0 Å². The number of benzene rings is 2. The minimum Gasteiger partial charge on any atom is -0.504 e. The summed E-state index contributed by atoms with van der Waals surface area (Å²) in [6, 6.07) is 5.03. The Labute approximate surface area is 172 Å². The molecule has 0 radical (unpaired) electrons. The van der Waals surface area contributed by atoms with Crippen LogP contribution >= 0.6 is 0 Å². The van der Waals surface area contributed by atoms with Crippen LogP contribution in [0.2, 0.25) is 0 Å². The molecule has 12 heteroatoms. The van der Waals surface area contributed by atoms with E-state index in [1.54, 1.807) is 7.05 Å². The van der Waals surface area contributed by atoms with Crippen LogP contribution in [0.5, 0.6) is 34.5 Å². The molecule has 0 aromatic heterocycles. The van der Waals surface area contributed by atoms with E-state index in [1.807, 2.05) is 6.92 Å². The van der Waals surface area contributed by atoms with Crippen molar-refractivity contribution in [1.82, 2.24) is 5.43 Å². The average Bonchev–Trinajstić information content (AvgIpc) is 2.70. The Morgan fingerprint density at radius 2 is 1.17 bits per heavy atom. The fourth-order valence-corrected chi connectivity index (χ4v) is 1.68. The van der Waals surface area contributed by atoms with Gasteiger partial charge in [-0.05, 0) is 30.8 Å². The number of nitrogens with one attached hydrogen (secondary N) is 1. The van der Waals surface area contributed by atoms with Crippen molar-refractivity contribution in [3.05, 3.63) is 35.4 Å². The van der Waals surface area contributed by atoms with Crippen LogP contribution in [-0.2, 0) is 0 Å². The lowest BCUT2D eigenvalue weighted by Crippen LogP contribution is -1.94.